The lowest BCUT2D eigenvalue weighted by Crippen LogP contribution is -2.00. The molecule has 2 aromatic heterocycles. The molecule has 0 fully saturated rings. The number of aromatic nitrogens is 3. The summed E-state index contributed by atoms with van der Waals surface area (Å²) in [6.45, 7) is 0. The van der Waals surface area contributed by atoms with Crippen molar-refractivity contribution in [3.63, 3.8) is 0 Å². The third kappa shape index (κ3) is 6.53. The Kier molecular flexibility index (Phi) is 8.45. The third-order valence-electron chi connectivity index (χ3n) is 11.1. The minimum absolute atomic E-state index is 0.629. The van der Waals surface area contributed by atoms with Gasteiger partial charge < -0.3 is 4.42 Å². The maximum atomic E-state index is 6.37. The van der Waals surface area contributed by atoms with E-state index in [1.165, 1.54) is 22.3 Å². The smallest absolute Gasteiger partial charge is 0.164 e. The molecule has 0 saturated heterocycles. The summed E-state index contributed by atoms with van der Waals surface area (Å²) in [4.78, 5) is 15.1. The van der Waals surface area contributed by atoms with E-state index in [-0.39, 0.29) is 0 Å². The van der Waals surface area contributed by atoms with Crippen molar-refractivity contribution in [2.45, 2.75) is 0 Å². The van der Waals surface area contributed by atoms with Crippen LogP contribution in [0.2, 0.25) is 0 Å². The summed E-state index contributed by atoms with van der Waals surface area (Å²) in [7, 11) is 0. The molecule has 0 spiro atoms. The lowest BCUT2D eigenvalue weighted by molar-refractivity contribution is 0.669. The van der Waals surface area contributed by atoms with E-state index in [9.17, 15) is 0 Å². The lowest BCUT2D eigenvalue weighted by Gasteiger charge is -2.11. The lowest BCUT2D eigenvalue weighted by atomic mass is 9.95. The number of benzene rings is 9. The van der Waals surface area contributed by atoms with Gasteiger partial charge in [0, 0.05) is 27.5 Å². The Morgan fingerprint density at radius 1 is 0.271 bits per heavy atom. The van der Waals surface area contributed by atoms with Crippen LogP contribution in [0.3, 0.4) is 0 Å². The van der Waals surface area contributed by atoms with Crippen LogP contribution < -0.4 is 0 Å². The van der Waals surface area contributed by atoms with Gasteiger partial charge in [0.1, 0.15) is 11.2 Å². The molecule has 0 aliphatic rings. The zero-order chi connectivity index (χ0) is 39.1. The fourth-order valence-electron chi connectivity index (χ4n) is 8.08. The first kappa shape index (κ1) is 34.3. The van der Waals surface area contributed by atoms with Gasteiger partial charge in [0.2, 0.25) is 0 Å². The van der Waals surface area contributed by atoms with Crippen molar-refractivity contribution in [1.29, 1.82) is 0 Å². The Morgan fingerprint density at radius 3 is 1.29 bits per heavy atom. The normalized spacial score (nSPS) is 11.4. The highest BCUT2D eigenvalue weighted by atomic mass is 16.3. The summed E-state index contributed by atoms with van der Waals surface area (Å²) in [5.74, 6) is 1.90. The summed E-state index contributed by atoms with van der Waals surface area (Å²) in [5, 5.41) is 4.47. The summed E-state index contributed by atoms with van der Waals surface area (Å²) in [6, 6.07) is 74.1. The Hall–Kier alpha value is -7.95. The van der Waals surface area contributed by atoms with E-state index in [2.05, 4.69) is 170 Å². The van der Waals surface area contributed by atoms with Crippen LogP contribution in [-0.2, 0) is 0 Å². The average molecular weight is 754 g/mol. The molecular weight excluding hydrogens is 719 g/mol. The van der Waals surface area contributed by atoms with Crippen LogP contribution in [0.4, 0.5) is 0 Å². The molecule has 0 bridgehead atoms. The zero-order valence-electron chi connectivity index (χ0n) is 32.0. The number of fused-ring (bicyclic) bond motifs is 4. The molecule has 0 aliphatic carbocycles. The van der Waals surface area contributed by atoms with E-state index >= 15 is 0 Å². The average Bonchev–Trinajstić information content (AvgIpc) is 3.70. The molecule has 11 rings (SSSR count). The van der Waals surface area contributed by atoms with E-state index in [0.717, 1.165) is 71.7 Å². The van der Waals surface area contributed by atoms with Gasteiger partial charge in [-0.15, -0.1) is 0 Å². The molecule has 0 saturated carbocycles. The SMILES string of the molecule is c1ccc(-c2ccc(-c3ccc(-c4nc(-c5ccccc5)nc(-c5ccc6cc(-c7cccc8oc9ccc(-c%10ccccc%10)cc9c78)ccc6c5)n4)cc3)cc2)cc1. The topological polar surface area (TPSA) is 51.8 Å². The third-order valence-corrected chi connectivity index (χ3v) is 11.1. The molecule has 2 heterocycles. The van der Waals surface area contributed by atoms with Crippen LogP contribution in [0, 0.1) is 0 Å². The van der Waals surface area contributed by atoms with Gasteiger partial charge in [-0.1, -0.05) is 182 Å². The van der Waals surface area contributed by atoms with Gasteiger partial charge in [-0.25, -0.2) is 15.0 Å². The van der Waals surface area contributed by atoms with Gasteiger partial charge in [0.15, 0.2) is 17.5 Å². The Balaban J connectivity index is 0.943. The van der Waals surface area contributed by atoms with Gasteiger partial charge in [-0.05, 0) is 85.6 Å². The van der Waals surface area contributed by atoms with Crippen molar-refractivity contribution in [2.75, 3.05) is 0 Å². The summed E-state index contributed by atoms with van der Waals surface area (Å²) >= 11 is 0. The van der Waals surface area contributed by atoms with Crippen LogP contribution in [0.5, 0.6) is 0 Å². The first-order valence-electron chi connectivity index (χ1n) is 19.8. The predicted octanol–water partition coefficient (Wildman–Crippen LogP) is 14.6. The Bertz CT molecular complexity index is 3280. The van der Waals surface area contributed by atoms with E-state index in [1.54, 1.807) is 0 Å². The van der Waals surface area contributed by atoms with Gasteiger partial charge in [-0.2, -0.15) is 0 Å². The molecule has 0 aliphatic heterocycles. The molecule has 11 aromatic rings. The second kappa shape index (κ2) is 14.5. The molecule has 0 unspecified atom stereocenters. The van der Waals surface area contributed by atoms with Crippen molar-refractivity contribution in [2.24, 2.45) is 0 Å². The molecule has 59 heavy (non-hydrogen) atoms. The minimum atomic E-state index is 0.629. The first-order valence-corrected chi connectivity index (χ1v) is 19.8. The van der Waals surface area contributed by atoms with Crippen LogP contribution in [-0.4, -0.2) is 15.0 Å². The second-order valence-corrected chi connectivity index (χ2v) is 14.8. The van der Waals surface area contributed by atoms with Crippen molar-refractivity contribution >= 4 is 32.7 Å². The summed E-state index contributed by atoms with van der Waals surface area (Å²) in [5.41, 5.74) is 13.9. The van der Waals surface area contributed by atoms with E-state index in [1.807, 2.05) is 42.5 Å². The molecule has 0 radical (unpaired) electrons. The summed E-state index contributed by atoms with van der Waals surface area (Å²) < 4.78 is 6.37. The number of nitrogens with zero attached hydrogens (tertiary/aromatic N) is 3. The number of furan rings is 1. The number of hydrogen-bond donors (Lipinski definition) is 0. The highest BCUT2D eigenvalue weighted by Crippen LogP contribution is 2.40. The predicted molar refractivity (Wildman–Crippen MR) is 243 cm³/mol. The van der Waals surface area contributed by atoms with Gasteiger partial charge >= 0.3 is 0 Å². The molecule has 4 heteroatoms. The van der Waals surface area contributed by atoms with Crippen molar-refractivity contribution < 1.29 is 4.42 Å². The van der Waals surface area contributed by atoms with Gasteiger partial charge in [0.05, 0.1) is 0 Å². The Labute approximate surface area is 341 Å². The van der Waals surface area contributed by atoms with Crippen LogP contribution in [0.25, 0.3) is 111 Å². The molecule has 276 valence electrons. The molecular formula is C55H35N3O. The number of hydrogen-bond acceptors (Lipinski definition) is 4. The van der Waals surface area contributed by atoms with Gasteiger partial charge in [0.25, 0.3) is 0 Å². The summed E-state index contributed by atoms with van der Waals surface area (Å²) in [6.07, 6.45) is 0. The van der Waals surface area contributed by atoms with E-state index in [4.69, 9.17) is 19.4 Å². The second-order valence-electron chi connectivity index (χ2n) is 14.8. The molecule has 9 aromatic carbocycles. The highest BCUT2D eigenvalue weighted by Gasteiger charge is 2.16. The van der Waals surface area contributed by atoms with Crippen molar-refractivity contribution in [1.82, 2.24) is 15.0 Å². The highest BCUT2D eigenvalue weighted by molar-refractivity contribution is 6.13. The van der Waals surface area contributed by atoms with Gasteiger partial charge in [-0.3, -0.25) is 0 Å². The maximum absolute atomic E-state index is 6.37. The Morgan fingerprint density at radius 2 is 0.695 bits per heavy atom. The van der Waals surface area contributed by atoms with Crippen molar-refractivity contribution in [3.05, 3.63) is 212 Å². The van der Waals surface area contributed by atoms with E-state index in [0.29, 0.717) is 17.5 Å². The van der Waals surface area contributed by atoms with Crippen LogP contribution in [0.15, 0.2) is 217 Å². The fourth-order valence-corrected chi connectivity index (χ4v) is 8.08. The van der Waals surface area contributed by atoms with Crippen LogP contribution in [0.1, 0.15) is 0 Å². The van der Waals surface area contributed by atoms with Crippen molar-refractivity contribution in [3.8, 4) is 78.7 Å². The quantitative estimate of drug-likeness (QED) is 0.163. The largest absolute Gasteiger partial charge is 0.456 e. The monoisotopic (exact) mass is 753 g/mol. The zero-order valence-corrected chi connectivity index (χ0v) is 32.0. The molecule has 0 amide bonds. The minimum Gasteiger partial charge on any atom is -0.456 e. The number of rotatable bonds is 7. The molecule has 0 N–H and O–H groups in total. The maximum Gasteiger partial charge on any atom is 0.164 e. The van der Waals surface area contributed by atoms with Crippen LogP contribution >= 0.6 is 0 Å². The molecule has 4 nitrogen and oxygen atoms in total. The molecule has 0 atom stereocenters. The standard InChI is InChI=1S/C55H35N3O/c1-4-11-36(12-5-1)38-19-21-39(22-20-38)40-23-25-42(26-24-40)54-56-53(41-15-8-3-9-16-41)57-55(58-54)47-30-28-43-33-46(29-27-44(43)34-47)48-17-10-18-51-52(48)49-35-45(31-32-50(49)59-51)37-13-6-2-7-14-37/h1-35H. The van der Waals surface area contributed by atoms with E-state index < -0.39 is 0 Å². The first-order chi connectivity index (χ1) is 29.2. The fraction of sp³-hybridized carbons (Fsp3) is 0.